The van der Waals surface area contributed by atoms with Gasteiger partial charge in [-0.3, -0.25) is 14.6 Å². The third-order valence-corrected chi connectivity index (χ3v) is 5.38. The minimum absolute atomic E-state index is 0.0256. The molecule has 1 atom stereocenters. The molecule has 3 nitrogen and oxygen atoms in total. The molecule has 0 bridgehead atoms. The summed E-state index contributed by atoms with van der Waals surface area (Å²) in [5, 5.41) is 0.343. The molecule has 18 heavy (non-hydrogen) atoms. The Hall–Kier alpha value is -0.0600. The van der Waals surface area contributed by atoms with E-state index in [0.717, 1.165) is 13.0 Å². The molecule has 4 heteroatoms. The lowest BCUT2D eigenvalue weighted by Gasteiger charge is -2.50. The molecule has 1 unspecified atom stereocenters. The fourth-order valence-electron chi connectivity index (χ4n) is 3.20. The van der Waals surface area contributed by atoms with Crippen LogP contribution < -0.4 is 0 Å². The molecular weight excluding hydrogens is 244 g/mol. The Morgan fingerprint density at radius 2 is 2.00 bits per heavy atom. The first kappa shape index (κ1) is 14.4. The van der Waals surface area contributed by atoms with Crippen molar-refractivity contribution < 1.29 is 4.79 Å². The molecule has 0 radical (unpaired) electrons. The van der Waals surface area contributed by atoms with Crippen molar-refractivity contribution in [3.8, 4) is 0 Å². The third-order valence-electron chi connectivity index (χ3n) is 4.09. The van der Waals surface area contributed by atoms with Crippen LogP contribution in [0.25, 0.3) is 0 Å². The van der Waals surface area contributed by atoms with Gasteiger partial charge in [-0.2, -0.15) is 0 Å². The van der Waals surface area contributed by atoms with Gasteiger partial charge in [0, 0.05) is 18.1 Å². The maximum atomic E-state index is 12.0. The van der Waals surface area contributed by atoms with Crippen molar-refractivity contribution >= 4 is 16.9 Å². The van der Waals surface area contributed by atoms with E-state index >= 15 is 0 Å². The van der Waals surface area contributed by atoms with Gasteiger partial charge in [0.25, 0.3) is 0 Å². The van der Waals surface area contributed by atoms with E-state index in [2.05, 4.69) is 44.4 Å². The zero-order chi connectivity index (χ0) is 13.6. The maximum Gasteiger partial charge on any atom is 0.204 e. The Morgan fingerprint density at radius 3 is 2.56 bits per heavy atom. The number of hydrogen-bond acceptors (Lipinski definition) is 4. The molecule has 2 aliphatic heterocycles. The van der Waals surface area contributed by atoms with Crippen LogP contribution in [0.2, 0.25) is 0 Å². The van der Waals surface area contributed by atoms with Gasteiger partial charge < -0.3 is 0 Å². The van der Waals surface area contributed by atoms with Gasteiger partial charge in [-0.15, -0.1) is 0 Å². The van der Waals surface area contributed by atoms with Gasteiger partial charge in [0.1, 0.15) is 0 Å². The van der Waals surface area contributed by atoms with Crippen molar-refractivity contribution in [3.63, 3.8) is 0 Å². The van der Waals surface area contributed by atoms with E-state index in [1.165, 1.54) is 13.0 Å². The summed E-state index contributed by atoms with van der Waals surface area (Å²) in [5.74, 6) is 0. The summed E-state index contributed by atoms with van der Waals surface area (Å²) < 4.78 is 0. The molecule has 104 valence electrons. The zero-order valence-electron chi connectivity index (χ0n) is 12.3. The number of hydrogen-bond donors (Lipinski definition) is 0. The highest BCUT2D eigenvalue weighted by Gasteiger charge is 2.52. The van der Waals surface area contributed by atoms with Crippen LogP contribution >= 0.6 is 11.8 Å². The fourth-order valence-corrected chi connectivity index (χ4v) is 4.74. The average molecular weight is 270 g/mol. The van der Waals surface area contributed by atoms with Crippen LogP contribution in [-0.2, 0) is 4.79 Å². The molecule has 2 heterocycles. The lowest BCUT2D eigenvalue weighted by atomic mass is 9.96. The van der Waals surface area contributed by atoms with Crippen molar-refractivity contribution in [1.29, 1.82) is 0 Å². The molecule has 0 N–H and O–H groups in total. The zero-order valence-corrected chi connectivity index (χ0v) is 13.1. The number of thioether (sulfide) groups is 1. The van der Waals surface area contributed by atoms with E-state index in [1.54, 1.807) is 11.8 Å². The van der Waals surface area contributed by atoms with Gasteiger partial charge >= 0.3 is 0 Å². The van der Waals surface area contributed by atoms with Crippen molar-refractivity contribution in [1.82, 2.24) is 9.80 Å². The molecular formula is C14H26N2OS. The van der Waals surface area contributed by atoms with Crippen molar-refractivity contribution in [2.75, 3.05) is 19.6 Å². The third kappa shape index (κ3) is 2.61. The highest BCUT2D eigenvalue weighted by atomic mass is 32.2. The SMILES string of the molecule is CC(C)N1CCCC2(C1)SC(=O)CN2C(C)(C)C. The predicted molar refractivity (Wildman–Crippen MR) is 77.7 cm³/mol. The first-order valence-electron chi connectivity index (χ1n) is 6.98. The Labute approximate surface area is 115 Å². The first-order valence-corrected chi connectivity index (χ1v) is 7.80. The summed E-state index contributed by atoms with van der Waals surface area (Å²) in [6.45, 7) is 14.0. The first-order chi connectivity index (χ1) is 8.24. The second kappa shape index (κ2) is 4.80. The number of carbonyl (C=O) groups excluding carboxylic acids is 1. The van der Waals surface area contributed by atoms with E-state index in [-0.39, 0.29) is 10.4 Å². The second-order valence-corrected chi connectivity index (χ2v) is 8.26. The Morgan fingerprint density at radius 1 is 1.33 bits per heavy atom. The van der Waals surface area contributed by atoms with Gasteiger partial charge in [-0.1, -0.05) is 11.8 Å². The van der Waals surface area contributed by atoms with Crippen molar-refractivity contribution in [2.45, 2.75) is 63.9 Å². The van der Waals surface area contributed by atoms with E-state index in [0.29, 0.717) is 17.7 Å². The molecule has 0 aliphatic carbocycles. The fraction of sp³-hybridized carbons (Fsp3) is 0.929. The number of nitrogens with zero attached hydrogens (tertiary/aromatic N) is 2. The van der Waals surface area contributed by atoms with Crippen LogP contribution in [0.1, 0.15) is 47.5 Å². The van der Waals surface area contributed by atoms with Crippen LogP contribution in [0.3, 0.4) is 0 Å². The molecule has 0 aromatic carbocycles. The average Bonchev–Trinajstić information content (AvgIpc) is 2.55. The molecule has 2 fully saturated rings. The largest absolute Gasteiger partial charge is 0.298 e. The summed E-state index contributed by atoms with van der Waals surface area (Å²) in [6, 6.07) is 0.570. The van der Waals surface area contributed by atoms with Crippen molar-refractivity contribution in [2.24, 2.45) is 0 Å². The molecule has 0 aromatic heterocycles. The van der Waals surface area contributed by atoms with Crippen LogP contribution in [-0.4, -0.2) is 51.0 Å². The number of likely N-dealkylation sites (tertiary alicyclic amines) is 1. The topological polar surface area (TPSA) is 23.6 Å². The minimum Gasteiger partial charge on any atom is -0.298 e. The highest BCUT2D eigenvalue weighted by molar-refractivity contribution is 8.15. The van der Waals surface area contributed by atoms with E-state index in [4.69, 9.17) is 0 Å². The van der Waals surface area contributed by atoms with E-state index < -0.39 is 0 Å². The summed E-state index contributed by atoms with van der Waals surface area (Å²) in [6.07, 6.45) is 2.34. The van der Waals surface area contributed by atoms with Gasteiger partial charge in [0.2, 0.25) is 5.12 Å². The molecule has 1 spiro atoms. The van der Waals surface area contributed by atoms with Crippen LogP contribution in [0.4, 0.5) is 0 Å². The van der Waals surface area contributed by atoms with Crippen LogP contribution in [0.5, 0.6) is 0 Å². The Bertz CT molecular complexity index is 337. The smallest absolute Gasteiger partial charge is 0.204 e. The Balaban J connectivity index is 2.24. The minimum atomic E-state index is 0.0256. The standard InChI is InChI=1S/C14H26N2OS/c1-11(2)15-8-6-7-14(10-15)16(13(3,4)5)9-12(17)18-14/h11H,6-10H2,1-5H3. The quantitative estimate of drug-likeness (QED) is 0.730. The van der Waals surface area contributed by atoms with E-state index in [1.807, 2.05) is 0 Å². The highest BCUT2D eigenvalue weighted by Crippen LogP contribution is 2.46. The molecule has 2 aliphatic rings. The van der Waals surface area contributed by atoms with Crippen LogP contribution in [0, 0.1) is 0 Å². The summed E-state index contributed by atoms with van der Waals surface area (Å²) in [5.41, 5.74) is 0.0686. The number of piperidine rings is 1. The van der Waals surface area contributed by atoms with Crippen LogP contribution in [0.15, 0.2) is 0 Å². The lowest BCUT2D eigenvalue weighted by molar-refractivity contribution is -0.112. The lowest BCUT2D eigenvalue weighted by Crippen LogP contribution is -2.60. The summed E-state index contributed by atoms with van der Waals surface area (Å²) >= 11 is 1.59. The summed E-state index contributed by atoms with van der Waals surface area (Å²) in [7, 11) is 0. The van der Waals surface area contributed by atoms with Gasteiger partial charge in [-0.25, -0.2) is 0 Å². The van der Waals surface area contributed by atoms with Gasteiger partial charge in [0.15, 0.2) is 0 Å². The summed E-state index contributed by atoms with van der Waals surface area (Å²) in [4.78, 5) is 16.9. The van der Waals surface area contributed by atoms with E-state index in [9.17, 15) is 4.79 Å². The van der Waals surface area contributed by atoms with Crippen molar-refractivity contribution in [3.05, 3.63) is 0 Å². The normalized spacial score (nSPS) is 31.8. The molecule has 0 saturated carbocycles. The predicted octanol–water partition coefficient (Wildman–Crippen LogP) is 2.56. The monoisotopic (exact) mass is 270 g/mol. The maximum absolute atomic E-state index is 12.0. The van der Waals surface area contributed by atoms with Gasteiger partial charge in [0.05, 0.1) is 11.4 Å². The molecule has 2 rings (SSSR count). The Kier molecular flexibility index (Phi) is 3.83. The van der Waals surface area contributed by atoms with Gasteiger partial charge in [-0.05, 0) is 54.0 Å². The molecule has 0 amide bonds. The number of carbonyl (C=O) groups is 1. The second-order valence-electron chi connectivity index (χ2n) is 6.85. The molecule has 2 saturated heterocycles. The number of rotatable bonds is 1. The molecule has 0 aromatic rings.